The summed E-state index contributed by atoms with van der Waals surface area (Å²) < 4.78 is 0.836. The van der Waals surface area contributed by atoms with Crippen molar-refractivity contribution in [2.45, 2.75) is 25.7 Å². The summed E-state index contributed by atoms with van der Waals surface area (Å²) in [7, 11) is 0. The summed E-state index contributed by atoms with van der Waals surface area (Å²) in [6, 6.07) is 0. The Morgan fingerprint density at radius 1 is 1.18 bits per heavy atom. The molecule has 1 aromatic rings. The largest absolute Gasteiger partial charge is 0.355 e. The number of hydrogen-bond acceptors (Lipinski definition) is 3. The molecule has 3 nitrogen and oxygen atoms in total. The third kappa shape index (κ3) is 2.91. The van der Waals surface area contributed by atoms with Crippen LogP contribution >= 0.6 is 27.5 Å². The molecule has 2 aliphatic carbocycles. The van der Waals surface area contributed by atoms with Crippen LogP contribution in [0.25, 0.3) is 0 Å². The van der Waals surface area contributed by atoms with Crippen molar-refractivity contribution in [2.75, 3.05) is 18.0 Å². The number of nitrogens with zero attached hydrogens (tertiary/aromatic N) is 3. The zero-order chi connectivity index (χ0) is 11.8. The lowest BCUT2D eigenvalue weighted by Gasteiger charge is -2.24. The fourth-order valence-electron chi connectivity index (χ4n) is 2.03. The minimum absolute atomic E-state index is 0.506. The summed E-state index contributed by atoms with van der Waals surface area (Å²) in [6.07, 6.45) is 6.99. The summed E-state index contributed by atoms with van der Waals surface area (Å²) in [4.78, 5) is 10.8. The van der Waals surface area contributed by atoms with Crippen molar-refractivity contribution >= 4 is 33.3 Å². The lowest BCUT2D eigenvalue weighted by Crippen LogP contribution is -2.29. The van der Waals surface area contributed by atoms with E-state index in [2.05, 4.69) is 30.8 Å². The van der Waals surface area contributed by atoms with Gasteiger partial charge in [-0.25, -0.2) is 9.97 Å². The Balaban J connectivity index is 1.81. The van der Waals surface area contributed by atoms with Crippen LogP contribution in [0.2, 0.25) is 5.15 Å². The van der Waals surface area contributed by atoms with Crippen LogP contribution in [0.5, 0.6) is 0 Å². The maximum absolute atomic E-state index is 6.04. The number of hydrogen-bond donors (Lipinski definition) is 0. The number of halogens is 2. The second kappa shape index (κ2) is 4.73. The van der Waals surface area contributed by atoms with Gasteiger partial charge in [0.1, 0.15) is 17.3 Å². The monoisotopic (exact) mass is 315 g/mol. The second-order valence-corrected chi connectivity index (χ2v) is 6.24. The van der Waals surface area contributed by atoms with Crippen LogP contribution in [0, 0.1) is 11.8 Å². The molecule has 0 amide bonds. The van der Waals surface area contributed by atoms with Gasteiger partial charge in [0.05, 0.1) is 4.47 Å². The second-order valence-electron chi connectivity index (χ2n) is 5.09. The van der Waals surface area contributed by atoms with Gasteiger partial charge < -0.3 is 4.90 Å². The molecular formula is C12H15BrClN3. The van der Waals surface area contributed by atoms with Crippen molar-refractivity contribution < 1.29 is 0 Å². The molecule has 0 unspecified atom stereocenters. The Morgan fingerprint density at radius 3 is 2.29 bits per heavy atom. The van der Waals surface area contributed by atoms with E-state index < -0.39 is 0 Å². The van der Waals surface area contributed by atoms with Gasteiger partial charge in [0, 0.05) is 13.1 Å². The molecule has 5 heteroatoms. The highest BCUT2D eigenvalue weighted by Crippen LogP contribution is 2.38. The van der Waals surface area contributed by atoms with Crippen molar-refractivity contribution in [1.29, 1.82) is 0 Å². The van der Waals surface area contributed by atoms with E-state index in [4.69, 9.17) is 11.6 Å². The molecule has 0 radical (unpaired) electrons. The van der Waals surface area contributed by atoms with E-state index in [0.717, 1.165) is 35.2 Å². The highest BCUT2D eigenvalue weighted by atomic mass is 79.9. The van der Waals surface area contributed by atoms with Crippen LogP contribution in [-0.4, -0.2) is 23.1 Å². The zero-order valence-corrected chi connectivity index (χ0v) is 11.9. The Morgan fingerprint density at radius 2 is 1.76 bits per heavy atom. The Labute approximate surface area is 115 Å². The van der Waals surface area contributed by atoms with E-state index in [0.29, 0.717) is 5.15 Å². The van der Waals surface area contributed by atoms with E-state index in [1.165, 1.54) is 25.7 Å². The summed E-state index contributed by atoms with van der Waals surface area (Å²) >= 11 is 9.54. The van der Waals surface area contributed by atoms with Crippen molar-refractivity contribution in [3.8, 4) is 0 Å². The predicted molar refractivity (Wildman–Crippen MR) is 72.4 cm³/mol. The van der Waals surface area contributed by atoms with E-state index in [1.54, 1.807) is 6.33 Å². The third-order valence-corrected chi connectivity index (χ3v) is 4.62. The summed E-state index contributed by atoms with van der Waals surface area (Å²) in [6.45, 7) is 2.23. The van der Waals surface area contributed by atoms with Gasteiger partial charge in [0.25, 0.3) is 0 Å². The number of anilines is 1. The first-order valence-electron chi connectivity index (χ1n) is 6.15. The highest BCUT2D eigenvalue weighted by Gasteiger charge is 2.30. The highest BCUT2D eigenvalue weighted by molar-refractivity contribution is 9.10. The van der Waals surface area contributed by atoms with E-state index in [1.807, 2.05) is 0 Å². The molecule has 0 aliphatic heterocycles. The molecule has 1 heterocycles. The molecule has 2 saturated carbocycles. The maximum atomic E-state index is 6.04. The SMILES string of the molecule is Clc1ncnc(N(CC2CC2)CC2CC2)c1Br. The van der Waals surface area contributed by atoms with Crippen LogP contribution in [0.3, 0.4) is 0 Å². The van der Waals surface area contributed by atoms with Gasteiger partial charge in [-0.05, 0) is 53.4 Å². The van der Waals surface area contributed by atoms with Crippen LogP contribution < -0.4 is 4.90 Å². The van der Waals surface area contributed by atoms with Gasteiger partial charge in [0.2, 0.25) is 0 Å². The topological polar surface area (TPSA) is 29.0 Å². The molecule has 92 valence electrons. The summed E-state index contributed by atoms with van der Waals surface area (Å²) in [5, 5.41) is 0.506. The molecule has 2 fully saturated rings. The number of aromatic nitrogens is 2. The fourth-order valence-corrected chi connectivity index (χ4v) is 2.62. The predicted octanol–water partition coefficient (Wildman–Crippen LogP) is 3.52. The van der Waals surface area contributed by atoms with Crippen molar-refractivity contribution in [1.82, 2.24) is 9.97 Å². The molecule has 0 N–H and O–H groups in total. The van der Waals surface area contributed by atoms with Crippen molar-refractivity contribution in [2.24, 2.45) is 11.8 Å². The summed E-state index contributed by atoms with van der Waals surface area (Å²) in [5.41, 5.74) is 0. The molecule has 0 aromatic carbocycles. The normalized spacial score (nSPS) is 19.4. The van der Waals surface area contributed by atoms with E-state index in [9.17, 15) is 0 Å². The molecule has 2 aliphatic rings. The molecule has 1 aromatic heterocycles. The zero-order valence-electron chi connectivity index (χ0n) is 9.57. The van der Waals surface area contributed by atoms with Crippen molar-refractivity contribution in [3.63, 3.8) is 0 Å². The lowest BCUT2D eigenvalue weighted by atomic mass is 10.3. The maximum Gasteiger partial charge on any atom is 0.148 e. The van der Waals surface area contributed by atoms with Gasteiger partial charge >= 0.3 is 0 Å². The molecule has 0 saturated heterocycles. The van der Waals surface area contributed by atoms with Gasteiger partial charge in [-0.3, -0.25) is 0 Å². The molecule has 0 atom stereocenters. The molecular weight excluding hydrogens is 302 g/mol. The minimum Gasteiger partial charge on any atom is -0.355 e. The van der Waals surface area contributed by atoms with E-state index >= 15 is 0 Å². The molecule has 0 spiro atoms. The quantitative estimate of drug-likeness (QED) is 0.778. The van der Waals surface area contributed by atoms with Crippen LogP contribution in [0.15, 0.2) is 10.8 Å². The Hall–Kier alpha value is -0.350. The number of rotatable bonds is 5. The summed E-state index contributed by atoms with van der Waals surface area (Å²) in [5.74, 6) is 2.67. The molecule has 0 bridgehead atoms. The smallest absolute Gasteiger partial charge is 0.148 e. The van der Waals surface area contributed by atoms with Crippen LogP contribution in [0.4, 0.5) is 5.82 Å². The van der Waals surface area contributed by atoms with Gasteiger partial charge in [0.15, 0.2) is 0 Å². The van der Waals surface area contributed by atoms with Crippen LogP contribution in [0.1, 0.15) is 25.7 Å². The Kier molecular flexibility index (Phi) is 3.26. The average Bonchev–Trinajstić information content (AvgIpc) is 3.16. The van der Waals surface area contributed by atoms with Gasteiger partial charge in [-0.1, -0.05) is 11.6 Å². The first kappa shape index (κ1) is 11.7. The minimum atomic E-state index is 0.506. The first-order valence-corrected chi connectivity index (χ1v) is 7.32. The van der Waals surface area contributed by atoms with Gasteiger partial charge in [-0.15, -0.1) is 0 Å². The third-order valence-electron chi connectivity index (χ3n) is 3.38. The molecule has 17 heavy (non-hydrogen) atoms. The average molecular weight is 317 g/mol. The lowest BCUT2D eigenvalue weighted by molar-refractivity contribution is 0.669. The van der Waals surface area contributed by atoms with Gasteiger partial charge in [-0.2, -0.15) is 0 Å². The van der Waals surface area contributed by atoms with E-state index in [-0.39, 0.29) is 0 Å². The van der Waals surface area contributed by atoms with Crippen LogP contribution in [-0.2, 0) is 0 Å². The standard InChI is InChI=1S/C12H15BrClN3/c13-10-11(14)15-7-16-12(10)17(5-8-1-2-8)6-9-3-4-9/h7-9H,1-6H2. The Bertz CT molecular complexity index is 404. The first-order chi connectivity index (χ1) is 8.24. The molecule has 3 rings (SSSR count). The fraction of sp³-hybridized carbons (Fsp3) is 0.667. The van der Waals surface area contributed by atoms with Crippen molar-refractivity contribution in [3.05, 3.63) is 16.0 Å².